The van der Waals surface area contributed by atoms with E-state index in [9.17, 15) is 14.3 Å². The highest BCUT2D eigenvalue weighted by atomic mass is 19.1. The number of rotatable bonds is 3. The summed E-state index contributed by atoms with van der Waals surface area (Å²) in [5.74, 6) is -0.400. The molecule has 2 unspecified atom stereocenters. The van der Waals surface area contributed by atoms with E-state index in [0.29, 0.717) is 45.0 Å². The van der Waals surface area contributed by atoms with E-state index >= 15 is 0 Å². The van der Waals surface area contributed by atoms with Crippen LogP contribution in [0.4, 0.5) is 4.39 Å². The number of aliphatic hydroxyl groups is 1. The van der Waals surface area contributed by atoms with Gasteiger partial charge in [-0.2, -0.15) is 0 Å². The lowest BCUT2D eigenvalue weighted by molar-refractivity contribution is -0.142. The van der Waals surface area contributed by atoms with Crippen molar-refractivity contribution < 1.29 is 19.0 Å². The summed E-state index contributed by atoms with van der Waals surface area (Å²) in [5, 5.41) is 9.85. The molecule has 23 heavy (non-hydrogen) atoms. The normalized spacial score (nSPS) is 24.4. The molecule has 1 N–H and O–H groups in total. The maximum absolute atomic E-state index is 13.7. The molecule has 2 atom stereocenters. The van der Waals surface area contributed by atoms with E-state index in [4.69, 9.17) is 4.74 Å². The second kappa shape index (κ2) is 7.38. The highest BCUT2D eigenvalue weighted by molar-refractivity contribution is 5.83. The van der Waals surface area contributed by atoms with Gasteiger partial charge in [0, 0.05) is 26.2 Å². The Hall–Kier alpha value is -1.50. The number of hydrogen-bond acceptors (Lipinski definition) is 4. The molecule has 0 aromatic heterocycles. The zero-order chi connectivity index (χ0) is 16.2. The molecule has 1 amide bonds. The zero-order valence-electron chi connectivity index (χ0n) is 13.2. The van der Waals surface area contributed by atoms with Gasteiger partial charge < -0.3 is 14.7 Å². The van der Waals surface area contributed by atoms with Gasteiger partial charge in [-0.25, -0.2) is 4.39 Å². The van der Waals surface area contributed by atoms with Crippen molar-refractivity contribution in [3.05, 3.63) is 35.6 Å². The Bertz CT molecular complexity index is 548. The molecule has 2 heterocycles. The summed E-state index contributed by atoms with van der Waals surface area (Å²) in [6.07, 6.45) is 1.06. The molecule has 3 rings (SSSR count). The van der Waals surface area contributed by atoms with Crippen molar-refractivity contribution in [3.8, 4) is 0 Å². The van der Waals surface area contributed by atoms with Crippen LogP contribution in [0.15, 0.2) is 24.3 Å². The van der Waals surface area contributed by atoms with E-state index in [1.807, 2.05) is 4.90 Å². The van der Waals surface area contributed by atoms with Crippen molar-refractivity contribution >= 4 is 5.91 Å². The molecular weight excluding hydrogens is 299 g/mol. The zero-order valence-corrected chi connectivity index (χ0v) is 13.2. The van der Waals surface area contributed by atoms with Gasteiger partial charge in [0.1, 0.15) is 11.9 Å². The number of hydrogen-bond donors (Lipinski definition) is 1. The minimum Gasteiger partial charge on any atom is -0.391 e. The largest absolute Gasteiger partial charge is 0.391 e. The Labute approximate surface area is 135 Å². The number of β-amino-alcohol motifs (C(OH)–C–C–N with tert-alkyl or cyclic N) is 1. The quantitative estimate of drug-likeness (QED) is 0.908. The summed E-state index contributed by atoms with van der Waals surface area (Å²) in [7, 11) is 0. The number of carbonyl (C=O) groups excluding carboxylic acids is 1. The van der Waals surface area contributed by atoms with Crippen LogP contribution in [-0.4, -0.2) is 66.3 Å². The predicted octanol–water partition coefficient (Wildman–Crippen LogP) is 1.18. The van der Waals surface area contributed by atoms with Crippen LogP contribution in [0.2, 0.25) is 0 Å². The van der Waals surface area contributed by atoms with E-state index in [1.54, 1.807) is 17.0 Å². The van der Waals surface area contributed by atoms with Crippen molar-refractivity contribution in [1.29, 1.82) is 0 Å². The first-order chi connectivity index (χ1) is 11.1. The topological polar surface area (TPSA) is 53.0 Å². The van der Waals surface area contributed by atoms with Gasteiger partial charge in [0.2, 0.25) is 5.91 Å². The molecule has 0 saturated carbocycles. The Morgan fingerprint density at radius 3 is 2.78 bits per heavy atom. The third kappa shape index (κ3) is 3.88. The first kappa shape index (κ1) is 16.4. The second-order valence-corrected chi connectivity index (χ2v) is 6.19. The number of benzene rings is 1. The van der Waals surface area contributed by atoms with Crippen LogP contribution in [0, 0.1) is 5.82 Å². The van der Waals surface area contributed by atoms with Gasteiger partial charge in [0.05, 0.1) is 19.3 Å². The maximum Gasteiger partial charge on any atom is 0.244 e. The Morgan fingerprint density at radius 1 is 1.30 bits per heavy atom. The molecule has 5 nitrogen and oxygen atoms in total. The lowest BCUT2D eigenvalue weighted by Gasteiger charge is -2.38. The van der Waals surface area contributed by atoms with Crippen molar-refractivity contribution in [2.75, 3.05) is 39.4 Å². The highest BCUT2D eigenvalue weighted by Crippen LogP contribution is 2.26. The molecule has 6 heteroatoms. The van der Waals surface area contributed by atoms with Crippen molar-refractivity contribution in [2.24, 2.45) is 0 Å². The van der Waals surface area contributed by atoms with Gasteiger partial charge in [-0.05, 0) is 30.5 Å². The number of piperidine rings is 1. The molecule has 0 radical (unpaired) electrons. The molecule has 2 saturated heterocycles. The summed E-state index contributed by atoms with van der Waals surface area (Å²) < 4.78 is 19.0. The SMILES string of the molecule is O=C(C(c1cccc(F)c1)N1CCOCC1)N1CCCC(O)C1. The summed E-state index contributed by atoms with van der Waals surface area (Å²) in [5.41, 5.74) is 0.664. The van der Waals surface area contributed by atoms with Crippen LogP contribution < -0.4 is 0 Å². The van der Waals surface area contributed by atoms with E-state index in [-0.39, 0.29) is 11.7 Å². The van der Waals surface area contributed by atoms with Crippen LogP contribution in [0.25, 0.3) is 0 Å². The van der Waals surface area contributed by atoms with E-state index in [2.05, 4.69) is 0 Å². The molecule has 2 aliphatic heterocycles. The van der Waals surface area contributed by atoms with Gasteiger partial charge in [-0.15, -0.1) is 0 Å². The number of morpholine rings is 1. The molecule has 2 fully saturated rings. The maximum atomic E-state index is 13.7. The fraction of sp³-hybridized carbons (Fsp3) is 0.588. The Morgan fingerprint density at radius 2 is 2.09 bits per heavy atom. The molecule has 1 aromatic carbocycles. The molecule has 1 aromatic rings. The van der Waals surface area contributed by atoms with Gasteiger partial charge >= 0.3 is 0 Å². The minimum atomic E-state index is -0.514. The number of ether oxygens (including phenoxy) is 1. The molecule has 0 aliphatic carbocycles. The van der Waals surface area contributed by atoms with Crippen LogP contribution in [-0.2, 0) is 9.53 Å². The summed E-state index contributed by atoms with van der Waals surface area (Å²) in [4.78, 5) is 16.8. The van der Waals surface area contributed by atoms with Crippen LogP contribution in [0.1, 0.15) is 24.4 Å². The number of nitrogens with zero attached hydrogens (tertiary/aromatic N) is 2. The van der Waals surface area contributed by atoms with Crippen molar-refractivity contribution in [3.63, 3.8) is 0 Å². The lowest BCUT2D eigenvalue weighted by atomic mass is 10.0. The van der Waals surface area contributed by atoms with E-state index < -0.39 is 12.1 Å². The number of aliphatic hydroxyl groups excluding tert-OH is 1. The molecule has 2 aliphatic rings. The predicted molar refractivity (Wildman–Crippen MR) is 83.4 cm³/mol. The van der Waals surface area contributed by atoms with Gasteiger partial charge in [-0.1, -0.05) is 12.1 Å². The Balaban J connectivity index is 1.86. The monoisotopic (exact) mass is 322 g/mol. The third-order valence-corrected chi connectivity index (χ3v) is 4.52. The molecule has 0 bridgehead atoms. The molecule has 0 spiro atoms. The van der Waals surface area contributed by atoms with Crippen molar-refractivity contribution in [2.45, 2.75) is 25.0 Å². The van der Waals surface area contributed by atoms with Crippen LogP contribution >= 0.6 is 0 Å². The van der Waals surface area contributed by atoms with Crippen molar-refractivity contribution in [1.82, 2.24) is 9.80 Å². The first-order valence-corrected chi connectivity index (χ1v) is 8.19. The average molecular weight is 322 g/mol. The van der Waals surface area contributed by atoms with E-state index in [1.165, 1.54) is 12.1 Å². The fourth-order valence-electron chi connectivity index (χ4n) is 3.35. The standard InChI is InChI=1S/C17H23FN2O3/c18-14-4-1-3-13(11-14)16(19-7-9-23-10-8-19)17(22)20-6-2-5-15(21)12-20/h1,3-4,11,15-16,21H,2,5-10,12H2. The number of amides is 1. The Kier molecular flexibility index (Phi) is 5.25. The van der Waals surface area contributed by atoms with Gasteiger partial charge in [0.25, 0.3) is 0 Å². The highest BCUT2D eigenvalue weighted by Gasteiger charge is 2.34. The molecule has 126 valence electrons. The van der Waals surface area contributed by atoms with E-state index in [0.717, 1.165) is 12.8 Å². The summed E-state index contributed by atoms with van der Waals surface area (Å²) in [6.45, 7) is 3.43. The smallest absolute Gasteiger partial charge is 0.244 e. The summed E-state index contributed by atoms with van der Waals surface area (Å²) in [6, 6.07) is 5.73. The second-order valence-electron chi connectivity index (χ2n) is 6.19. The lowest BCUT2D eigenvalue weighted by Crippen LogP contribution is -2.50. The number of carbonyl (C=O) groups is 1. The fourth-order valence-corrected chi connectivity index (χ4v) is 3.35. The third-order valence-electron chi connectivity index (χ3n) is 4.52. The minimum absolute atomic E-state index is 0.0590. The number of halogens is 1. The van der Waals surface area contributed by atoms with Crippen LogP contribution in [0.3, 0.4) is 0 Å². The average Bonchev–Trinajstić information content (AvgIpc) is 2.56. The van der Waals surface area contributed by atoms with Crippen LogP contribution in [0.5, 0.6) is 0 Å². The van der Waals surface area contributed by atoms with Gasteiger partial charge in [0.15, 0.2) is 0 Å². The number of likely N-dealkylation sites (tertiary alicyclic amines) is 1. The summed E-state index contributed by atoms with van der Waals surface area (Å²) >= 11 is 0. The molecular formula is C17H23FN2O3. The first-order valence-electron chi connectivity index (χ1n) is 8.19. The van der Waals surface area contributed by atoms with Gasteiger partial charge in [-0.3, -0.25) is 9.69 Å².